The molecular formula is C19H16N2O3. The number of hydrogen-bond donors (Lipinski definition) is 2. The Morgan fingerprint density at radius 1 is 0.958 bits per heavy atom. The number of hydrogen-bond acceptors (Lipinski definition) is 3. The number of benzene rings is 2. The van der Waals surface area contributed by atoms with Crippen LogP contribution < -0.4 is 15.6 Å². The van der Waals surface area contributed by atoms with Gasteiger partial charge in [0.25, 0.3) is 11.5 Å². The lowest BCUT2D eigenvalue weighted by Crippen LogP contribution is -2.23. The Balaban J connectivity index is 1.87. The summed E-state index contributed by atoms with van der Waals surface area (Å²) in [5.74, 6) is 0.0449. The van der Waals surface area contributed by atoms with Crippen molar-refractivity contribution in [1.82, 2.24) is 4.98 Å². The van der Waals surface area contributed by atoms with Gasteiger partial charge < -0.3 is 15.0 Å². The first-order valence-corrected chi connectivity index (χ1v) is 7.42. The molecule has 1 heterocycles. The second-order valence-electron chi connectivity index (χ2n) is 5.14. The molecular weight excluding hydrogens is 304 g/mol. The number of ether oxygens (including phenoxy) is 1. The molecule has 120 valence electrons. The van der Waals surface area contributed by atoms with Crippen molar-refractivity contribution in [1.29, 1.82) is 0 Å². The van der Waals surface area contributed by atoms with E-state index in [1.54, 1.807) is 30.3 Å². The minimum Gasteiger partial charge on any atom is -0.495 e. The third-order valence-electron chi connectivity index (χ3n) is 3.59. The summed E-state index contributed by atoms with van der Waals surface area (Å²) in [7, 11) is 1.52. The Labute approximate surface area is 138 Å². The number of carbonyl (C=O) groups excluding carboxylic acids is 1. The van der Waals surface area contributed by atoms with Gasteiger partial charge in [-0.15, -0.1) is 0 Å². The van der Waals surface area contributed by atoms with Crippen LogP contribution in [0.4, 0.5) is 5.69 Å². The Hall–Kier alpha value is -3.34. The molecule has 0 aliphatic carbocycles. The normalized spacial score (nSPS) is 10.2. The van der Waals surface area contributed by atoms with Gasteiger partial charge in [-0.25, -0.2) is 0 Å². The summed E-state index contributed by atoms with van der Waals surface area (Å²) < 4.78 is 5.19. The van der Waals surface area contributed by atoms with E-state index >= 15 is 0 Å². The van der Waals surface area contributed by atoms with Gasteiger partial charge in [0.2, 0.25) is 0 Å². The summed E-state index contributed by atoms with van der Waals surface area (Å²) in [6.07, 6.45) is 0. The first-order valence-electron chi connectivity index (χ1n) is 7.42. The molecule has 0 saturated carbocycles. The van der Waals surface area contributed by atoms with E-state index in [1.807, 2.05) is 30.3 Å². The molecule has 24 heavy (non-hydrogen) atoms. The van der Waals surface area contributed by atoms with Crippen molar-refractivity contribution in [3.63, 3.8) is 0 Å². The minimum atomic E-state index is -0.486. The molecule has 0 spiro atoms. The Bertz CT molecular complexity index is 917. The first-order chi connectivity index (χ1) is 11.7. The van der Waals surface area contributed by atoms with Crippen LogP contribution in [0.1, 0.15) is 10.4 Å². The van der Waals surface area contributed by atoms with Gasteiger partial charge in [-0.2, -0.15) is 0 Å². The zero-order valence-electron chi connectivity index (χ0n) is 13.1. The van der Waals surface area contributed by atoms with Crippen molar-refractivity contribution in [3.8, 4) is 17.0 Å². The van der Waals surface area contributed by atoms with Crippen LogP contribution in [0.5, 0.6) is 5.75 Å². The van der Waals surface area contributed by atoms with Crippen molar-refractivity contribution in [2.24, 2.45) is 0 Å². The van der Waals surface area contributed by atoms with Crippen molar-refractivity contribution < 1.29 is 9.53 Å². The molecule has 5 heteroatoms. The number of carbonyl (C=O) groups is 1. The summed E-state index contributed by atoms with van der Waals surface area (Å²) in [4.78, 5) is 27.4. The van der Waals surface area contributed by atoms with E-state index in [9.17, 15) is 9.59 Å². The van der Waals surface area contributed by atoms with Crippen LogP contribution in [0.3, 0.4) is 0 Å². The second-order valence-corrected chi connectivity index (χ2v) is 5.14. The SMILES string of the molecule is COc1ccccc1NC(=O)c1ccc(-c2ccccc2)[nH]c1=O. The van der Waals surface area contributed by atoms with E-state index < -0.39 is 11.5 Å². The third-order valence-corrected chi connectivity index (χ3v) is 3.59. The van der Waals surface area contributed by atoms with Crippen LogP contribution >= 0.6 is 0 Å². The summed E-state index contributed by atoms with van der Waals surface area (Å²) in [6, 6.07) is 19.7. The van der Waals surface area contributed by atoms with Crippen LogP contribution in [0.2, 0.25) is 0 Å². The number of pyridine rings is 1. The van der Waals surface area contributed by atoms with Gasteiger partial charge in [-0.3, -0.25) is 9.59 Å². The summed E-state index contributed by atoms with van der Waals surface area (Å²) >= 11 is 0. The molecule has 3 rings (SSSR count). The van der Waals surface area contributed by atoms with E-state index in [1.165, 1.54) is 13.2 Å². The number of aromatic nitrogens is 1. The Morgan fingerprint density at radius 3 is 2.38 bits per heavy atom. The quantitative estimate of drug-likeness (QED) is 0.775. The Kier molecular flexibility index (Phi) is 4.43. The zero-order valence-corrected chi connectivity index (χ0v) is 13.1. The minimum absolute atomic E-state index is 0.0422. The molecule has 2 aromatic carbocycles. The van der Waals surface area contributed by atoms with E-state index in [0.29, 0.717) is 17.1 Å². The van der Waals surface area contributed by atoms with Crippen LogP contribution in [0, 0.1) is 0 Å². The van der Waals surface area contributed by atoms with Gasteiger partial charge >= 0.3 is 0 Å². The van der Waals surface area contributed by atoms with E-state index in [-0.39, 0.29) is 5.56 Å². The number of para-hydroxylation sites is 2. The molecule has 2 N–H and O–H groups in total. The van der Waals surface area contributed by atoms with Crippen molar-refractivity contribution >= 4 is 11.6 Å². The fourth-order valence-corrected chi connectivity index (χ4v) is 2.38. The summed E-state index contributed by atoms with van der Waals surface area (Å²) in [5, 5.41) is 2.69. The smallest absolute Gasteiger partial charge is 0.261 e. The van der Waals surface area contributed by atoms with Crippen LogP contribution in [0.25, 0.3) is 11.3 Å². The number of methoxy groups -OCH3 is 1. The maximum Gasteiger partial charge on any atom is 0.261 e. The lowest BCUT2D eigenvalue weighted by Gasteiger charge is -2.09. The maximum atomic E-state index is 12.4. The van der Waals surface area contributed by atoms with Gasteiger partial charge in [0.1, 0.15) is 11.3 Å². The highest BCUT2D eigenvalue weighted by Gasteiger charge is 2.13. The second kappa shape index (κ2) is 6.83. The number of nitrogens with one attached hydrogen (secondary N) is 2. The number of anilines is 1. The molecule has 1 amide bonds. The highest BCUT2D eigenvalue weighted by molar-refractivity contribution is 6.04. The van der Waals surface area contributed by atoms with Gasteiger partial charge in [-0.1, -0.05) is 42.5 Å². The average molecular weight is 320 g/mol. The topological polar surface area (TPSA) is 71.2 Å². The number of amides is 1. The van der Waals surface area contributed by atoms with E-state index in [0.717, 1.165) is 5.56 Å². The third kappa shape index (κ3) is 3.20. The number of aromatic amines is 1. The Morgan fingerprint density at radius 2 is 1.67 bits per heavy atom. The molecule has 0 atom stereocenters. The highest BCUT2D eigenvalue weighted by Crippen LogP contribution is 2.23. The predicted molar refractivity (Wildman–Crippen MR) is 93.4 cm³/mol. The van der Waals surface area contributed by atoms with Gasteiger partial charge in [0, 0.05) is 5.69 Å². The predicted octanol–water partition coefficient (Wildman–Crippen LogP) is 3.30. The monoisotopic (exact) mass is 320 g/mol. The average Bonchev–Trinajstić information content (AvgIpc) is 2.62. The van der Waals surface area contributed by atoms with Gasteiger partial charge in [0.15, 0.2) is 0 Å². The standard InChI is InChI=1S/C19H16N2O3/c1-24-17-10-6-5-9-16(17)21-19(23)14-11-12-15(20-18(14)22)13-7-3-2-4-8-13/h2-12H,1H3,(H,20,22)(H,21,23). The van der Waals surface area contributed by atoms with Crippen molar-refractivity contribution in [3.05, 3.63) is 82.6 Å². The molecule has 0 aliphatic heterocycles. The largest absolute Gasteiger partial charge is 0.495 e. The number of rotatable bonds is 4. The van der Waals surface area contributed by atoms with Crippen molar-refractivity contribution in [2.75, 3.05) is 12.4 Å². The molecule has 3 aromatic rings. The van der Waals surface area contributed by atoms with E-state index in [2.05, 4.69) is 10.3 Å². The van der Waals surface area contributed by atoms with Gasteiger partial charge in [-0.05, 0) is 29.8 Å². The van der Waals surface area contributed by atoms with Crippen molar-refractivity contribution in [2.45, 2.75) is 0 Å². The maximum absolute atomic E-state index is 12.4. The first kappa shape index (κ1) is 15.6. The lowest BCUT2D eigenvalue weighted by atomic mass is 10.1. The number of H-pyrrole nitrogens is 1. The molecule has 0 bridgehead atoms. The van der Waals surface area contributed by atoms with Crippen LogP contribution in [-0.4, -0.2) is 18.0 Å². The fraction of sp³-hybridized carbons (Fsp3) is 0.0526. The summed E-state index contributed by atoms with van der Waals surface area (Å²) in [5.41, 5.74) is 1.65. The molecule has 0 unspecified atom stereocenters. The fourth-order valence-electron chi connectivity index (χ4n) is 2.38. The van der Waals surface area contributed by atoms with Gasteiger partial charge in [0.05, 0.1) is 12.8 Å². The molecule has 1 aromatic heterocycles. The molecule has 0 saturated heterocycles. The molecule has 0 radical (unpaired) electrons. The van der Waals surface area contributed by atoms with Crippen LogP contribution in [-0.2, 0) is 0 Å². The van der Waals surface area contributed by atoms with E-state index in [4.69, 9.17) is 4.74 Å². The molecule has 0 fully saturated rings. The summed E-state index contributed by atoms with van der Waals surface area (Å²) in [6.45, 7) is 0. The lowest BCUT2D eigenvalue weighted by molar-refractivity contribution is 0.102. The highest BCUT2D eigenvalue weighted by atomic mass is 16.5. The molecule has 0 aliphatic rings. The van der Waals surface area contributed by atoms with Crippen LogP contribution in [0.15, 0.2) is 71.5 Å². The molecule has 5 nitrogen and oxygen atoms in total. The zero-order chi connectivity index (χ0) is 16.9.